The van der Waals surface area contributed by atoms with Crippen molar-refractivity contribution in [3.05, 3.63) is 76.4 Å². The molecule has 1 heterocycles. The van der Waals surface area contributed by atoms with Gasteiger partial charge in [0.15, 0.2) is 5.78 Å². The molecule has 4 N–H and O–H groups in total. The summed E-state index contributed by atoms with van der Waals surface area (Å²) < 4.78 is 28.0. The van der Waals surface area contributed by atoms with Crippen LogP contribution < -0.4 is 15.8 Å². The molecule has 8 nitrogen and oxygen atoms in total. The van der Waals surface area contributed by atoms with E-state index in [0.29, 0.717) is 35.4 Å². The number of nitrogens with two attached hydrogens (primary N) is 1. The van der Waals surface area contributed by atoms with Gasteiger partial charge < -0.3 is 16.0 Å². The minimum Gasteiger partial charge on any atom is -0.398 e. The van der Waals surface area contributed by atoms with Crippen LogP contribution in [-0.2, 0) is 14.8 Å². The third kappa shape index (κ3) is 4.29. The number of carbonyl (C=O) groups is 2. The Morgan fingerprint density at radius 1 is 0.941 bits per heavy atom. The summed E-state index contributed by atoms with van der Waals surface area (Å²) in [5.41, 5.74) is 8.70. The fourth-order valence-electron chi connectivity index (χ4n) is 4.30. The predicted molar refractivity (Wildman–Crippen MR) is 131 cm³/mol. The van der Waals surface area contributed by atoms with Crippen molar-refractivity contribution < 1.29 is 18.0 Å². The molecular formula is C25H28N4O4S. The first-order valence-electron chi connectivity index (χ1n) is 11.3. The van der Waals surface area contributed by atoms with Gasteiger partial charge in [-0.15, -0.1) is 0 Å². The summed E-state index contributed by atoms with van der Waals surface area (Å²) in [6.45, 7) is 7.16. The van der Waals surface area contributed by atoms with Gasteiger partial charge in [-0.05, 0) is 43.8 Å². The van der Waals surface area contributed by atoms with Crippen LogP contribution in [0.15, 0.2) is 64.6 Å². The van der Waals surface area contributed by atoms with E-state index in [1.807, 2.05) is 0 Å². The van der Waals surface area contributed by atoms with Crippen molar-refractivity contribution in [1.29, 1.82) is 0 Å². The second kappa shape index (κ2) is 9.54. The summed E-state index contributed by atoms with van der Waals surface area (Å²) in [6, 6.07) is 13.0. The van der Waals surface area contributed by atoms with Gasteiger partial charge >= 0.3 is 0 Å². The van der Waals surface area contributed by atoms with Crippen molar-refractivity contribution >= 4 is 33.1 Å². The Balaban J connectivity index is 1.57. The molecule has 1 aliphatic heterocycles. The van der Waals surface area contributed by atoms with E-state index in [1.165, 1.54) is 12.1 Å². The van der Waals surface area contributed by atoms with E-state index >= 15 is 0 Å². The third-order valence-corrected chi connectivity index (χ3v) is 7.69. The fourth-order valence-corrected chi connectivity index (χ4v) is 5.37. The number of fused-ring (bicyclic) bond motifs is 2. The number of ketones is 1. The van der Waals surface area contributed by atoms with Gasteiger partial charge in [0, 0.05) is 17.7 Å². The van der Waals surface area contributed by atoms with Crippen molar-refractivity contribution in [3.63, 3.8) is 0 Å². The number of carbonyl (C=O) groups excluding carboxylic acids is 2. The normalized spacial score (nSPS) is 15.6. The summed E-state index contributed by atoms with van der Waals surface area (Å²) in [5.74, 6) is -0.739. The largest absolute Gasteiger partial charge is 0.398 e. The van der Waals surface area contributed by atoms with Gasteiger partial charge in [-0.3, -0.25) is 9.59 Å². The molecule has 9 heteroatoms. The summed E-state index contributed by atoms with van der Waals surface area (Å²) in [7, 11) is -3.67. The second-order valence-electron chi connectivity index (χ2n) is 8.17. The maximum Gasteiger partial charge on any atom is 0.258 e. The van der Waals surface area contributed by atoms with E-state index in [1.54, 1.807) is 36.4 Å². The molecule has 1 amide bonds. The van der Waals surface area contributed by atoms with Gasteiger partial charge in [0.2, 0.25) is 10.0 Å². The van der Waals surface area contributed by atoms with Crippen molar-refractivity contribution in [3.8, 4) is 0 Å². The Labute approximate surface area is 199 Å². The lowest BCUT2D eigenvalue weighted by atomic mass is 9.84. The van der Waals surface area contributed by atoms with Crippen molar-refractivity contribution in [2.75, 3.05) is 26.2 Å². The van der Waals surface area contributed by atoms with Crippen molar-refractivity contribution in [2.45, 2.75) is 25.2 Å². The Morgan fingerprint density at radius 2 is 1.59 bits per heavy atom. The van der Waals surface area contributed by atoms with Crippen LogP contribution in [-0.4, -0.2) is 51.2 Å². The third-order valence-electron chi connectivity index (χ3n) is 6.21. The average Bonchev–Trinajstić information content (AvgIpc) is 3.20. The number of sulfonamides is 1. The van der Waals surface area contributed by atoms with Gasteiger partial charge in [-0.25, -0.2) is 13.1 Å². The molecule has 0 fully saturated rings. The molecule has 2 aliphatic rings. The number of nitrogens with zero attached hydrogens (tertiary/aromatic N) is 1. The van der Waals surface area contributed by atoms with E-state index in [9.17, 15) is 18.0 Å². The highest BCUT2D eigenvalue weighted by atomic mass is 32.2. The molecule has 0 spiro atoms. The first kappa shape index (κ1) is 23.9. The van der Waals surface area contributed by atoms with Crippen molar-refractivity contribution in [1.82, 2.24) is 14.9 Å². The maximum absolute atomic E-state index is 13.2. The minimum absolute atomic E-state index is 0.115. The highest BCUT2D eigenvalue weighted by Crippen LogP contribution is 2.39. The van der Waals surface area contributed by atoms with Crippen LogP contribution in [0, 0.1) is 0 Å². The lowest BCUT2D eigenvalue weighted by molar-refractivity contribution is -0.115. The number of Topliss-reactive ketones (excluding diaryl/α,β-unsaturated/α-hetero) is 1. The molecule has 0 saturated carbocycles. The minimum atomic E-state index is -3.67. The molecule has 4 rings (SSSR count). The van der Waals surface area contributed by atoms with Gasteiger partial charge in [0.25, 0.3) is 5.91 Å². The monoisotopic (exact) mass is 480 g/mol. The second-order valence-corrected chi connectivity index (χ2v) is 9.94. The summed E-state index contributed by atoms with van der Waals surface area (Å²) >= 11 is 0. The van der Waals surface area contributed by atoms with E-state index in [-0.39, 0.29) is 27.5 Å². The molecule has 1 aliphatic carbocycles. The van der Waals surface area contributed by atoms with E-state index in [2.05, 4.69) is 28.8 Å². The van der Waals surface area contributed by atoms with Gasteiger partial charge in [-0.1, -0.05) is 50.2 Å². The summed E-state index contributed by atoms with van der Waals surface area (Å²) in [4.78, 5) is 28.2. The number of hydrogen-bond acceptors (Lipinski definition) is 6. The van der Waals surface area contributed by atoms with Crippen molar-refractivity contribution in [2.24, 2.45) is 5.73 Å². The number of hydrogen-bond donors (Lipinski definition) is 3. The molecule has 0 bridgehead atoms. The fraction of sp³-hybridized carbons (Fsp3) is 0.280. The van der Waals surface area contributed by atoms with Crippen LogP contribution in [0.4, 0.5) is 0 Å². The zero-order chi connectivity index (χ0) is 24.5. The molecule has 0 atom stereocenters. The van der Waals surface area contributed by atoms with E-state index in [0.717, 1.165) is 19.6 Å². The standard InChI is InChI=1S/C25H28N4O4S/c1-3-29(4-2)15-7-14-27-34(32,33)17-12-10-16(11-13-17)23-21-20(25(31)28-23)22(26)18-8-5-6-9-19(18)24(21)30/h5-6,8-13,27H,3-4,7,14-15,26H2,1-2H3,(H,28,31). The molecular weight excluding hydrogens is 452 g/mol. The van der Waals surface area contributed by atoms with Crippen LogP contribution in [0.1, 0.15) is 41.8 Å². The van der Waals surface area contributed by atoms with E-state index < -0.39 is 15.9 Å². The number of benzene rings is 2. The lowest BCUT2D eigenvalue weighted by Gasteiger charge is -2.18. The summed E-state index contributed by atoms with van der Waals surface area (Å²) in [5, 5.41) is 2.74. The highest BCUT2D eigenvalue weighted by molar-refractivity contribution is 7.89. The predicted octanol–water partition coefficient (Wildman–Crippen LogP) is 2.10. The molecule has 2 aromatic carbocycles. The number of rotatable bonds is 9. The smallest absolute Gasteiger partial charge is 0.258 e. The topological polar surface area (TPSA) is 122 Å². The van der Waals surface area contributed by atoms with Crippen LogP contribution >= 0.6 is 0 Å². The zero-order valence-corrected chi connectivity index (χ0v) is 20.0. The summed E-state index contributed by atoms with van der Waals surface area (Å²) in [6.07, 6.45) is 0.710. The number of amides is 1. The molecule has 2 aromatic rings. The molecule has 178 valence electrons. The van der Waals surface area contributed by atoms with E-state index in [4.69, 9.17) is 5.73 Å². The Hall–Kier alpha value is -3.27. The highest BCUT2D eigenvalue weighted by Gasteiger charge is 2.39. The molecule has 0 aromatic heterocycles. The lowest BCUT2D eigenvalue weighted by Crippen LogP contribution is -2.30. The van der Waals surface area contributed by atoms with Gasteiger partial charge in [0.05, 0.1) is 27.4 Å². The van der Waals surface area contributed by atoms with Crippen LogP contribution in [0.3, 0.4) is 0 Å². The number of nitrogens with one attached hydrogen (secondary N) is 2. The maximum atomic E-state index is 13.2. The molecule has 0 radical (unpaired) electrons. The Kier molecular flexibility index (Phi) is 6.70. The molecule has 0 saturated heterocycles. The molecule has 0 unspecified atom stereocenters. The Morgan fingerprint density at radius 3 is 2.24 bits per heavy atom. The van der Waals surface area contributed by atoms with Gasteiger partial charge in [-0.2, -0.15) is 0 Å². The van der Waals surface area contributed by atoms with Crippen LogP contribution in [0.5, 0.6) is 0 Å². The Bertz CT molecular complexity index is 1310. The quantitative estimate of drug-likeness (QED) is 0.473. The van der Waals surface area contributed by atoms with Crippen LogP contribution in [0.2, 0.25) is 0 Å². The first-order chi connectivity index (χ1) is 16.3. The zero-order valence-electron chi connectivity index (χ0n) is 19.2. The molecule has 34 heavy (non-hydrogen) atoms. The first-order valence-corrected chi connectivity index (χ1v) is 12.8. The SMILES string of the molecule is CCN(CC)CCCNS(=O)(=O)c1ccc(C2=C3C(=O)c4ccccc4C(N)=C3C(=O)N2)cc1. The average molecular weight is 481 g/mol. The van der Waals surface area contributed by atoms with Crippen LogP contribution in [0.25, 0.3) is 11.4 Å². The van der Waals surface area contributed by atoms with Gasteiger partial charge in [0.1, 0.15) is 0 Å².